The van der Waals surface area contributed by atoms with Crippen LogP contribution >= 0.6 is 0 Å². The standard InChI is InChI=1S/C16H15NO5/c1-2-22-15-6-4-3-5-13(15)11-7-8-12(10-16(18)19)14(9-11)17(20)21/h3-9H,2,10H2,1H3,(H,18,19). The summed E-state index contributed by atoms with van der Waals surface area (Å²) in [5.74, 6) is -0.476. The number of rotatable bonds is 6. The van der Waals surface area contributed by atoms with Crippen molar-refractivity contribution in [1.29, 1.82) is 0 Å². The Balaban J connectivity index is 2.51. The Morgan fingerprint density at radius 1 is 1.27 bits per heavy atom. The number of para-hydroxylation sites is 1. The third kappa shape index (κ3) is 3.41. The van der Waals surface area contributed by atoms with E-state index in [-0.39, 0.29) is 17.7 Å². The zero-order chi connectivity index (χ0) is 16.1. The van der Waals surface area contributed by atoms with Crippen molar-refractivity contribution in [2.45, 2.75) is 13.3 Å². The van der Waals surface area contributed by atoms with Gasteiger partial charge in [0.1, 0.15) is 5.75 Å². The Labute approximate surface area is 127 Å². The zero-order valence-corrected chi connectivity index (χ0v) is 12.0. The molecule has 6 nitrogen and oxygen atoms in total. The highest BCUT2D eigenvalue weighted by atomic mass is 16.6. The number of carbonyl (C=O) groups is 1. The van der Waals surface area contributed by atoms with Gasteiger partial charge in [0.25, 0.3) is 5.69 Å². The molecule has 0 unspecified atom stereocenters. The largest absolute Gasteiger partial charge is 0.493 e. The van der Waals surface area contributed by atoms with E-state index in [0.29, 0.717) is 17.9 Å². The second-order valence-electron chi connectivity index (χ2n) is 4.60. The van der Waals surface area contributed by atoms with E-state index in [1.54, 1.807) is 18.2 Å². The number of benzene rings is 2. The topological polar surface area (TPSA) is 89.7 Å². The second-order valence-corrected chi connectivity index (χ2v) is 4.60. The number of nitro benzene ring substituents is 1. The van der Waals surface area contributed by atoms with Crippen molar-refractivity contribution in [2.75, 3.05) is 6.61 Å². The Kier molecular flexibility index (Phi) is 4.73. The normalized spacial score (nSPS) is 10.2. The fraction of sp³-hybridized carbons (Fsp3) is 0.188. The van der Waals surface area contributed by atoms with Gasteiger partial charge < -0.3 is 9.84 Å². The number of ether oxygens (including phenoxy) is 1. The summed E-state index contributed by atoms with van der Waals surface area (Å²) in [6.45, 7) is 2.34. The summed E-state index contributed by atoms with van der Waals surface area (Å²) in [7, 11) is 0. The fourth-order valence-electron chi connectivity index (χ4n) is 2.20. The molecular formula is C16H15NO5. The molecule has 2 aromatic carbocycles. The van der Waals surface area contributed by atoms with E-state index in [0.717, 1.165) is 5.56 Å². The first kappa shape index (κ1) is 15.5. The van der Waals surface area contributed by atoms with Gasteiger partial charge in [-0.05, 0) is 18.6 Å². The summed E-state index contributed by atoms with van der Waals surface area (Å²) in [5.41, 5.74) is 1.32. The Bertz CT molecular complexity index is 711. The van der Waals surface area contributed by atoms with Gasteiger partial charge in [-0.3, -0.25) is 14.9 Å². The molecule has 114 valence electrons. The lowest BCUT2D eigenvalue weighted by atomic mass is 10.0. The molecule has 0 fully saturated rings. The highest BCUT2D eigenvalue weighted by Gasteiger charge is 2.18. The Morgan fingerprint density at radius 2 is 2.00 bits per heavy atom. The van der Waals surface area contributed by atoms with Crippen LogP contribution in [0.4, 0.5) is 5.69 Å². The molecule has 0 radical (unpaired) electrons. The predicted octanol–water partition coefficient (Wildman–Crippen LogP) is 3.29. The summed E-state index contributed by atoms with van der Waals surface area (Å²) in [6.07, 6.45) is -0.385. The molecular weight excluding hydrogens is 286 g/mol. The lowest BCUT2D eigenvalue weighted by molar-refractivity contribution is -0.385. The Hall–Kier alpha value is -2.89. The summed E-state index contributed by atoms with van der Waals surface area (Å²) >= 11 is 0. The SMILES string of the molecule is CCOc1ccccc1-c1ccc(CC(=O)O)c([N+](=O)[O-])c1. The maximum absolute atomic E-state index is 11.2. The number of hydrogen-bond donors (Lipinski definition) is 1. The van der Waals surface area contributed by atoms with Crippen molar-refractivity contribution < 1.29 is 19.6 Å². The van der Waals surface area contributed by atoms with Gasteiger partial charge in [-0.2, -0.15) is 0 Å². The van der Waals surface area contributed by atoms with Crippen molar-refractivity contribution in [3.05, 3.63) is 58.1 Å². The summed E-state index contributed by atoms with van der Waals surface area (Å²) < 4.78 is 5.52. The van der Waals surface area contributed by atoms with Crippen LogP contribution in [0.2, 0.25) is 0 Å². The van der Waals surface area contributed by atoms with Gasteiger partial charge in [0, 0.05) is 17.2 Å². The van der Waals surface area contributed by atoms with E-state index in [4.69, 9.17) is 9.84 Å². The van der Waals surface area contributed by atoms with Crippen LogP contribution < -0.4 is 4.74 Å². The number of carboxylic acids is 1. The van der Waals surface area contributed by atoms with Crippen LogP contribution in [0, 0.1) is 10.1 Å². The van der Waals surface area contributed by atoms with E-state index in [1.807, 2.05) is 19.1 Å². The van der Waals surface area contributed by atoms with E-state index in [9.17, 15) is 14.9 Å². The monoisotopic (exact) mass is 301 g/mol. The lowest BCUT2D eigenvalue weighted by Gasteiger charge is -2.10. The average molecular weight is 301 g/mol. The average Bonchev–Trinajstić information content (AvgIpc) is 2.48. The summed E-state index contributed by atoms with van der Waals surface area (Å²) in [5, 5.41) is 20.0. The maximum atomic E-state index is 11.2. The molecule has 2 rings (SSSR count). The molecule has 2 aromatic rings. The number of hydrogen-bond acceptors (Lipinski definition) is 4. The second kappa shape index (κ2) is 6.71. The van der Waals surface area contributed by atoms with Crippen molar-refractivity contribution >= 4 is 11.7 Å². The molecule has 0 aliphatic rings. The summed E-state index contributed by atoms with van der Waals surface area (Å²) in [6, 6.07) is 11.8. The number of aliphatic carboxylic acids is 1. The fourth-order valence-corrected chi connectivity index (χ4v) is 2.20. The predicted molar refractivity (Wildman–Crippen MR) is 81.0 cm³/mol. The zero-order valence-electron chi connectivity index (χ0n) is 12.0. The first-order valence-corrected chi connectivity index (χ1v) is 6.74. The quantitative estimate of drug-likeness (QED) is 0.653. The van der Waals surface area contributed by atoms with Crippen LogP contribution in [-0.4, -0.2) is 22.6 Å². The minimum absolute atomic E-state index is 0.176. The van der Waals surface area contributed by atoms with Gasteiger partial charge in [-0.25, -0.2) is 0 Å². The van der Waals surface area contributed by atoms with Gasteiger partial charge >= 0.3 is 5.97 Å². The van der Waals surface area contributed by atoms with E-state index in [1.165, 1.54) is 12.1 Å². The minimum Gasteiger partial charge on any atom is -0.493 e. The molecule has 0 aliphatic heterocycles. The molecule has 0 bridgehead atoms. The molecule has 0 heterocycles. The van der Waals surface area contributed by atoms with Gasteiger partial charge in [0.2, 0.25) is 0 Å². The molecule has 6 heteroatoms. The van der Waals surface area contributed by atoms with Crippen molar-refractivity contribution in [1.82, 2.24) is 0 Å². The highest BCUT2D eigenvalue weighted by molar-refractivity contribution is 5.76. The first-order chi connectivity index (χ1) is 10.5. The number of nitrogens with zero attached hydrogens (tertiary/aromatic N) is 1. The summed E-state index contributed by atoms with van der Waals surface area (Å²) in [4.78, 5) is 21.4. The molecule has 22 heavy (non-hydrogen) atoms. The molecule has 0 aliphatic carbocycles. The van der Waals surface area contributed by atoms with Gasteiger partial charge in [0.05, 0.1) is 18.0 Å². The highest BCUT2D eigenvalue weighted by Crippen LogP contribution is 2.33. The van der Waals surface area contributed by atoms with Gasteiger partial charge in [0.15, 0.2) is 0 Å². The van der Waals surface area contributed by atoms with Gasteiger partial charge in [-0.1, -0.05) is 30.3 Å². The van der Waals surface area contributed by atoms with Crippen molar-refractivity contribution in [3.63, 3.8) is 0 Å². The third-order valence-corrected chi connectivity index (χ3v) is 3.12. The number of nitro groups is 1. The van der Waals surface area contributed by atoms with Crippen LogP contribution in [0.5, 0.6) is 5.75 Å². The molecule has 0 atom stereocenters. The van der Waals surface area contributed by atoms with Crippen molar-refractivity contribution in [3.8, 4) is 16.9 Å². The van der Waals surface area contributed by atoms with Crippen LogP contribution in [0.3, 0.4) is 0 Å². The molecule has 0 saturated heterocycles. The van der Waals surface area contributed by atoms with Crippen LogP contribution in [0.25, 0.3) is 11.1 Å². The smallest absolute Gasteiger partial charge is 0.308 e. The molecule has 0 saturated carbocycles. The first-order valence-electron chi connectivity index (χ1n) is 6.74. The molecule has 0 amide bonds. The van der Waals surface area contributed by atoms with Crippen LogP contribution in [-0.2, 0) is 11.2 Å². The maximum Gasteiger partial charge on any atom is 0.308 e. The Morgan fingerprint density at radius 3 is 2.64 bits per heavy atom. The van der Waals surface area contributed by atoms with E-state index >= 15 is 0 Å². The van der Waals surface area contributed by atoms with E-state index < -0.39 is 10.9 Å². The van der Waals surface area contributed by atoms with Crippen LogP contribution in [0.1, 0.15) is 12.5 Å². The van der Waals surface area contributed by atoms with E-state index in [2.05, 4.69) is 0 Å². The molecule has 0 spiro atoms. The lowest BCUT2D eigenvalue weighted by Crippen LogP contribution is -2.04. The number of carboxylic acid groups (broad SMARTS) is 1. The molecule has 0 aromatic heterocycles. The van der Waals surface area contributed by atoms with Crippen LogP contribution in [0.15, 0.2) is 42.5 Å². The third-order valence-electron chi connectivity index (χ3n) is 3.12. The molecule has 1 N–H and O–H groups in total. The minimum atomic E-state index is -1.11. The van der Waals surface area contributed by atoms with Crippen molar-refractivity contribution in [2.24, 2.45) is 0 Å². The van der Waals surface area contributed by atoms with Gasteiger partial charge in [-0.15, -0.1) is 0 Å².